The Balaban J connectivity index is 0.000000270. The third-order valence-electron chi connectivity index (χ3n) is 2.49. The van der Waals surface area contributed by atoms with Gasteiger partial charge in [0.05, 0.1) is 11.6 Å². The van der Waals surface area contributed by atoms with Gasteiger partial charge in [-0.25, -0.2) is 14.8 Å². The van der Waals surface area contributed by atoms with Crippen molar-refractivity contribution in [1.29, 1.82) is 0 Å². The van der Waals surface area contributed by atoms with Crippen molar-refractivity contribution in [3.8, 4) is 0 Å². The maximum absolute atomic E-state index is 10.6. The van der Waals surface area contributed by atoms with E-state index in [1.165, 1.54) is 0 Å². The van der Waals surface area contributed by atoms with E-state index in [2.05, 4.69) is 20.2 Å². The number of rotatable bonds is 2. The molecule has 1 aromatic rings. The maximum Gasteiger partial charge on any atom is 0.490 e. The molecule has 21 heavy (non-hydrogen) atoms. The van der Waals surface area contributed by atoms with Gasteiger partial charge in [0.15, 0.2) is 0 Å². The number of hydrogen-bond donors (Lipinski definition) is 2. The standard InChI is InChI=1S/C9H13ClN4.C2HF3O2/c10-8-5-12-9(13-6-8)7-14-3-1-11-2-4-14;3-2(4,5)1(6)7/h5-6,11H,1-4,7H2;(H,6,7). The van der Waals surface area contributed by atoms with Crippen molar-refractivity contribution in [2.75, 3.05) is 26.2 Å². The van der Waals surface area contributed by atoms with Gasteiger partial charge in [0, 0.05) is 38.6 Å². The van der Waals surface area contributed by atoms with Crippen molar-refractivity contribution in [1.82, 2.24) is 20.2 Å². The molecule has 0 bridgehead atoms. The number of alkyl halides is 3. The van der Waals surface area contributed by atoms with Crippen LogP contribution in [0.3, 0.4) is 0 Å². The van der Waals surface area contributed by atoms with Gasteiger partial charge >= 0.3 is 12.1 Å². The van der Waals surface area contributed by atoms with E-state index in [0.717, 1.165) is 38.5 Å². The summed E-state index contributed by atoms with van der Waals surface area (Å²) in [7, 11) is 0. The predicted molar refractivity (Wildman–Crippen MR) is 68.9 cm³/mol. The lowest BCUT2D eigenvalue weighted by atomic mass is 10.3. The SMILES string of the molecule is Clc1cnc(CN2CCNCC2)nc1.O=C(O)C(F)(F)F. The summed E-state index contributed by atoms with van der Waals surface area (Å²) in [6, 6.07) is 0. The molecule has 1 aromatic heterocycles. The van der Waals surface area contributed by atoms with Gasteiger partial charge in [-0.15, -0.1) is 0 Å². The van der Waals surface area contributed by atoms with Crippen molar-refractivity contribution in [3.63, 3.8) is 0 Å². The molecule has 6 nitrogen and oxygen atoms in total. The average Bonchev–Trinajstić information content (AvgIpc) is 2.42. The van der Waals surface area contributed by atoms with Crippen LogP contribution in [0.2, 0.25) is 5.02 Å². The van der Waals surface area contributed by atoms with Crippen molar-refractivity contribution >= 4 is 17.6 Å². The van der Waals surface area contributed by atoms with Crippen LogP contribution in [0.1, 0.15) is 5.82 Å². The quantitative estimate of drug-likeness (QED) is 0.849. The highest BCUT2D eigenvalue weighted by molar-refractivity contribution is 6.30. The fourth-order valence-electron chi connectivity index (χ4n) is 1.49. The third kappa shape index (κ3) is 7.21. The molecule has 2 rings (SSSR count). The molecule has 2 N–H and O–H groups in total. The lowest BCUT2D eigenvalue weighted by molar-refractivity contribution is -0.192. The highest BCUT2D eigenvalue weighted by Gasteiger charge is 2.38. The molecule has 0 radical (unpaired) electrons. The van der Waals surface area contributed by atoms with Crippen LogP contribution >= 0.6 is 11.6 Å². The molecule has 0 amide bonds. The van der Waals surface area contributed by atoms with Gasteiger partial charge in [-0.3, -0.25) is 4.90 Å². The lowest BCUT2D eigenvalue weighted by Gasteiger charge is -2.26. The van der Waals surface area contributed by atoms with E-state index in [9.17, 15) is 13.2 Å². The summed E-state index contributed by atoms with van der Waals surface area (Å²) < 4.78 is 31.7. The molecule has 1 aliphatic heterocycles. The molecule has 118 valence electrons. The minimum Gasteiger partial charge on any atom is -0.475 e. The minimum atomic E-state index is -5.08. The van der Waals surface area contributed by atoms with Crippen LogP contribution in [0.25, 0.3) is 0 Å². The monoisotopic (exact) mass is 326 g/mol. The molecule has 10 heteroatoms. The number of hydrogen-bond acceptors (Lipinski definition) is 5. The largest absolute Gasteiger partial charge is 0.490 e. The number of halogens is 4. The Morgan fingerprint density at radius 3 is 2.24 bits per heavy atom. The average molecular weight is 327 g/mol. The Morgan fingerprint density at radius 2 is 1.81 bits per heavy atom. The van der Waals surface area contributed by atoms with Gasteiger partial charge in [-0.1, -0.05) is 11.6 Å². The number of carboxylic acid groups (broad SMARTS) is 1. The van der Waals surface area contributed by atoms with Crippen molar-refractivity contribution in [2.45, 2.75) is 12.7 Å². The topological polar surface area (TPSA) is 78.4 Å². The van der Waals surface area contributed by atoms with Gasteiger partial charge in [0.2, 0.25) is 0 Å². The Morgan fingerprint density at radius 1 is 1.33 bits per heavy atom. The molecule has 0 atom stereocenters. The van der Waals surface area contributed by atoms with Crippen LogP contribution in [-0.4, -0.2) is 58.3 Å². The summed E-state index contributed by atoms with van der Waals surface area (Å²) in [5.74, 6) is -1.91. The molecule has 0 aromatic carbocycles. The van der Waals surface area contributed by atoms with E-state index in [-0.39, 0.29) is 0 Å². The van der Waals surface area contributed by atoms with Crippen LogP contribution in [-0.2, 0) is 11.3 Å². The van der Waals surface area contributed by atoms with E-state index in [0.29, 0.717) is 5.02 Å². The molecule has 0 saturated carbocycles. The first-order valence-electron chi connectivity index (χ1n) is 5.98. The number of nitrogens with one attached hydrogen (secondary N) is 1. The molecule has 0 spiro atoms. The summed E-state index contributed by atoms with van der Waals surface area (Å²) in [5.41, 5.74) is 0. The number of carbonyl (C=O) groups is 1. The van der Waals surface area contributed by atoms with Gasteiger partial charge in [-0.2, -0.15) is 13.2 Å². The summed E-state index contributed by atoms with van der Waals surface area (Å²) in [4.78, 5) is 19.6. The Bertz CT molecular complexity index is 450. The first-order valence-corrected chi connectivity index (χ1v) is 6.36. The first kappa shape index (κ1) is 17.6. The van der Waals surface area contributed by atoms with E-state index in [1.807, 2.05) is 0 Å². The van der Waals surface area contributed by atoms with Crippen molar-refractivity contribution in [2.24, 2.45) is 0 Å². The highest BCUT2D eigenvalue weighted by atomic mass is 35.5. The molecular formula is C11H14ClF3N4O2. The van der Waals surface area contributed by atoms with Crippen LogP contribution in [0, 0.1) is 0 Å². The van der Waals surface area contributed by atoms with Gasteiger partial charge < -0.3 is 10.4 Å². The minimum absolute atomic E-state index is 0.592. The van der Waals surface area contributed by atoms with E-state index in [4.69, 9.17) is 21.5 Å². The number of piperazine rings is 1. The van der Waals surface area contributed by atoms with Crippen molar-refractivity contribution in [3.05, 3.63) is 23.2 Å². The lowest BCUT2D eigenvalue weighted by Crippen LogP contribution is -2.43. The smallest absolute Gasteiger partial charge is 0.475 e. The number of carboxylic acids is 1. The zero-order valence-corrected chi connectivity index (χ0v) is 11.7. The molecule has 1 saturated heterocycles. The Kier molecular flexibility index (Phi) is 6.79. The fourth-order valence-corrected chi connectivity index (χ4v) is 1.59. The van der Waals surface area contributed by atoms with Crippen LogP contribution in [0.4, 0.5) is 13.2 Å². The molecular weight excluding hydrogens is 313 g/mol. The number of aliphatic carboxylic acids is 1. The second-order valence-corrected chi connectivity index (χ2v) is 4.58. The van der Waals surface area contributed by atoms with E-state index >= 15 is 0 Å². The van der Waals surface area contributed by atoms with E-state index in [1.54, 1.807) is 12.4 Å². The highest BCUT2D eigenvalue weighted by Crippen LogP contribution is 2.13. The predicted octanol–water partition coefficient (Wildman–Crippen LogP) is 1.17. The Labute approximate surface area is 123 Å². The summed E-state index contributed by atoms with van der Waals surface area (Å²) in [6.45, 7) is 5.04. The summed E-state index contributed by atoms with van der Waals surface area (Å²) in [5, 5.41) is 11.0. The molecule has 1 fully saturated rings. The van der Waals surface area contributed by atoms with E-state index < -0.39 is 12.1 Å². The summed E-state index contributed by atoms with van der Waals surface area (Å²) >= 11 is 5.71. The first-order chi connectivity index (χ1) is 9.79. The number of nitrogens with zero attached hydrogens (tertiary/aromatic N) is 3. The van der Waals surface area contributed by atoms with Gasteiger partial charge in [-0.05, 0) is 0 Å². The van der Waals surface area contributed by atoms with Crippen LogP contribution in [0.5, 0.6) is 0 Å². The molecule has 0 unspecified atom stereocenters. The molecule has 2 heterocycles. The second-order valence-electron chi connectivity index (χ2n) is 4.15. The van der Waals surface area contributed by atoms with Gasteiger partial charge in [0.25, 0.3) is 0 Å². The third-order valence-corrected chi connectivity index (χ3v) is 2.69. The van der Waals surface area contributed by atoms with Crippen LogP contribution in [0.15, 0.2) is 12.4 Å². The van der Waals surface area contributed by atoms with Gasteiger partial charge in [0.1, 0.15) is 5.82 Å². The zero-order valence-electron chi connectivity index (χ0n) is 10.9. The molecule has 0 aliphatic carbocycles. The normalized spacial score (nSPS) is 16.0. The Hall–Kier alpha value is -1.45. The number of aromatic nitrogens is 2. The van der Waals surface area contributed by atoms with Crippen molar-refractivity contribution < 1.29 is 23.1 Å². The zero-order chi connectivity index (χ0) is 15.9. The maximum atomic E-state index is 10.6. The van der Waals surface area contributed by atoms with Crippen LogP contribution < -0.4 is 5.32 Å². The summed E-state index contributed by atoms with van der Waals surface area (Å²) in [6.07, 6.45) is -1.79. The molecule has 1 aliphatic rings. The second kappa shape index (κ2) is 8.11. The fraction of sp³-hybridized carbons (Fsp3) is 0.545.